The van der Waals surface area contributed by atoms with E-state index in [-0.39, 0.29) is 11.8 Å². The average Bonchev–Trinajstić information content (AvgIpc) is 2.46. The molecule has 1 atom stereocenters. The highest BCUT2D eigenvalue weighted by Crippen LogP contribution is 2.14. The zero-order valence-electron chi connectivity index (χ0n) is 12.9. The fourth-order valence-electron chi connectivity index (χ4n) is 2.05. The largest absolute Gasteiger partial charge is 0.355 e. The standard InChI is InChI=1S/C16H23ClN2O2/c1-4-6-15(20)19(12(3)16(21)18-5-2)11-13-7-9-14(17)10-8-13/h7-10,12H,4-6,11H2,1-3H3,(H,18,21)/t12-/m0/s1. The number of likely N-dealkylation sites (N-methyl/N-ethyl adjacent to an activating group) is 1. The Balaban J connectivity index is 2.88. The predicted molar refractivity (Wildman–Crippen MR) is 85.1 cm³/mol. The summed E-state index contributed by atoms with van der Waals surface area (Å²) in [5.74, 6) is -0.137. The summed E-state index contributed by atoms with van der Waals surface area (Å²) in [5.41, 5.74) is 0.958. The summed E-state index contributed by atoms with van der Waals surface area (Å²) >= 11 is 5.87. The molecular weight excluding hydrogens is 288 g/mol. The molecule has 1 rings (SSSR count). The van der Waals surface area contributed by atoms with Crippen LogP contribution in [0.25, 0.3) is 0 Å². The van der Waals surface area contributed by atoms with Crippen molar-refractivity contribution in [3.63, 3.8) is 0 Å². The second kappa shape index (κ2) is 8.67. The van der Waals surface area contributed by atoms with E-state index in [4.69, 9.17) is 11.6 Å². The van der Waals surface area contributed by atoms with Crippen molar-refractivity contribution in [3.8, 4) is 0 Å². The van der Waals surface area contributed by atoms with Gasteiger partial charge in [-0.25, -0.2) is 0 Å². The molecule has 4 nitrogen and oxygen atoms in total. The SMILES string of the molecule is CCCC(=O)N(Cc1ccc(Cl)cc1)[C@@H](C)C(=O)NCC. The van der Waals surface area contributed by atoms with Gasteiger partial charge in [-0.05, 0) is 38.0 Å². The molecule has 2 amide bonds. The molecule has 1 aromatic carbocycles. The van der Waals surface area contributed by atoms with E-state index in [1.165, 1.54) is 0 Å². The number of nitrogens with one attached hydrogen (secondary N) is 1. The highest BCUT2D eigenvalue weighted by Gasteiger charge is 2.24. The van der Waals surface area contributed by atoms with Gasteiger partial charge in [-0.2, -0.15) is 0 Å². The molecule has 21 heavy (non-hydrogen) atoms. The molecule has 1 aromatic rings. The lowest BCUT2D eigenvalue weighted by atomic mass is 10.1. The van der Waals surface area contributed by atoms with Gasteiger partial charge in [-0.15, -0.1) is 0 Å². The fourth-order valence-corrected chi connectivity index (χ4v) is 2.17. The van der Waals surface area contributed by atoms with Crippen LogP contribution < -0.4 is 5.32 Å². The maximum Gasteiger partial charge on any atom is 0.242 e. The van der Waals surface area contributed by atoms with Crippen LogP contribution in [0, 0.1) is 0 Å². The van der Waals surface area contributed by atoms with Gasteiger partial charge in [0.1, 0.15) is 6.04 Å². The van der Waals surface area contributed by atoms with E-state index < -0.39 is 6.04 Å². The minimum absolute atomic E-state index is 0.00815. The normalized spacial score (nSPS) is 11.8. The van der Waals surface area contributed by atoms with Crippen molar-refractivity contribution in [2.45, 2.75) is 46.2 Å². The first-order valence-electron chi connectivity index (χ1n) is 7.31. The van der Waals surface area contributed by atoms with Gasteiger partial charge < -0.3 is 10.2 Å². The van der Waals surface area contributed by atoms with Gasteiger partial charge in [0.15, 0.2) is 0 Å². The molecule has 0 radical (unpaired) electrons. The van der Waals surface area contributed by atoms with Crippen molar-refractivity contribution in [1.29, 1.82) is 0 Å². The Morgan fingerprint density at radius 1 is 1.24 bits per heavy atom. The summed E-state index contributed by atoms with van der Waals surface area (Å²) < 4.78 is 0. The molecule has 0 aliphatic rings. The van der Waals surface area contributed by atoms with Gasteiger partial charge in [-0.3, -0.25) is 9.59 Å². The first-order chi connectivity index (χ1) is 9.99. The number of rotatable bonds is 7. The van der Waals surface area contributed by atoms with Crippen LogP contribution in [0.5, 0.6) is 0 Å². The number of hydrogen-bond acceptors (Lipinski definition) is 2. The van der Waals surface area contributed by atoms with Gasteiger partial charge in [-0.1, -0.05) is 30.7 Å². The molecule has 5 heteroatoms. The zero-order valence-corrected chi connectivity index (χ0v) is 13.6. The van der Waals surface area contributed by atoms with Crippen LogP contribution >= 0.6 is 11.6 Å². The van der Waals surface area contributed by atoms with Crippen molar-refractivity contribution >= 4 is 23.4 Å². The van der Waals surface area contributed by atoms with Crippen molar-refractivity contribution in [1.82, 2.24) is 10.2 Å². The minimum atomic E-state index is -0.486. The van der Waals surface area contributed by atoms with Crippen molar-refractivity contribution in [2.24, 2.45) is 0 Å². The van der Waals surface area contributed by atoms with E-state index in [1.54, 1.807) is 24.0 Å². The van der Waals surface area contributed by atoms with Crippen LogP contribution in [0.1, 0.15) is 39.2 Å². The number of carbonyl (C=O) groups excluding carboxylic acids is 2. The van der Waals surface area contributed by atoms with Crippen molar-refractivity contribution in [2.75, 3.05) is 6.54 Å². The number of benzene rings is 1. The lowest BCUT2D eigenvalue weighted by molar-refractivity contribution is -0.140. The predicted octanol–water partition coefficient (Wildman–Crippen LogP) is 2.99. The van der Waals surface area contributed by atoms with Crippen molar-refractivity contribution < 1.29 is 9.59 Å². The fraction of sp³-hybridized carbons (Fsp3) is 0.500. The lowest BCUT2D eigenvalue weighted by Crippen LogP contribution is -2.47. The number of hydrogen-bond donors (Lipinski definition) is 1. The Morgan fingerprint density at radius 3 is 2.38 bits per heavy atom. The number of nitrogens with zero attached hydrogens (tertiary/aromatic N) is 1. The highest BCUT2D eigenvalue weighted by molar-refractivity contribution is 6.30. The third-order valence-electron chi connectivity index (χ3n) is 3.25. The first kappa shape index (κ1) is 17.5. The van der Waals surface area contributed by atoms with Crippen LogP contribution in [0.15, 0.2) is 24.3 Å². The maximum absolute atomic E-state index is 12.3. The molecule has 1 N–H and O–H groups in total. The van der Waals surface area contributed by atoms with Gasteiger partial charge in [0.2, 0.25) is 11.8 Å². The summed E-state index contributed by atoms with van der Waals surface area (Å²) in [6.45, 7) is 6.54. The van der Waals surface area contributed by atoms with E-state index in [2.05, 4.69) is 5.32 Å². The number of halogens is 1. The van der Waals surface area contributed by atoms with Crippen LogP contribution in [-0.2, 0) is 16.1 Å². The minimum Gasteiger partial charge on any atom is -0.355 e. The summed E-state index contributed by atoms with van der Waals surface area (Å²) in [6.07, 6.45) is 1.20. The highest BCUT2D eigenvalue weighted by atomic mass is 35.5. The Kier molecular flexibility index (Phi) is 7.23. The number of amides is 2. The van der Waals surface area contributed by atoms with Gasteiger partial charge >= 0.3 is 0 Å². The molecule has 0 heterocycles. The molecule has 0 spiro atoms. The van der Waals surface area contributed by atoms with Crippen molar-refractivity contribution in [3.05, 3.63) is 34.9 Å². The molecule has 116 valence electrons. The molecule has 0 aliphatic heterocycles. The van der Waals surface area contributed by atoms with Crippen LogP contribution in [-0.4, -0.2) is 29.3 Å². The van der Waals surface area contributed by atoms with Gasteiger partial charge in [0.25, 0.3) is 0 Å². The first-order valence-corrected chi connectivity index (χ1v) is 7.69. The van der Waals surface area contributed by atoms with Crippen LogP contribution in [0.3, 0.4) is 0 Å². The Hall–Kier alpha value is -1.55. The van der Waals surface area contributed by atoms with E-state index in [1.807, 2.05) is 26.0 Å². The number of carbonyl (C=O) groups is 2. The molecule has 0 aromatic heterocycles. The van der Waals surface area contributed by atoms with Crippen LogP contribution in [0.4, 0.5) is 0 Å². The third kappa shape index (κ3) is 5.38. The van der Waals surface area contributed by atoms with E-state index in [9.17, 15) is 9.59 Å². The topological polar surface area (TPSA) is 49.4 Å². The molecule has 0 saturated heterocycles. The second-order valence-corrected chi connectivity index (χ2v) is 5.41. The lowest BCUT2D eigenvalue weighted by Gasteiger charge is -2.28. The summed E-state index contributed by atoms with van der Waals surface area (Å²) in [4.78, 5) is 25.9. The molecule has 0 bridgehead atoms. The molecule has 0 aliphatic carbocycles. The van der Waals surface area contributed by atoms with E-state index >= 15 is 0 Å². The maximum atomic E-state index is 12.3. The van der Waals surface area contributed by atoms with Gasteiger partial charge in [0.05, 0.1) is 0 Å². The Labute approximate surface area is 131 Å². The smallest absolute Gasteiger partial charge is 0.242 e. The average molecular weight is 311 g/mol. The zero-order chi connectivity index (χ0) is 15.8. The Bertz CT molecular complexity index is 474. The van der Waals surface area contributed by atoms with Gasteiger partial charge in [0, 0.05) is 24.5 Å². The molecular formula is C16H23ClN2O2. The third-order valence-corrected chi connectivity index (χ3v) is 3.50. The summed E-state index contributed by atoms with van der Waals surface area (Å²) in [7, 11) is 0. The summed E-state index contributed by atoms with van der Waals surface area (Å²) in [6, 6.07) is 6.84. The molecule has 0 fully saturated rings. The van der Waals surface area contributed by atoms with E-state index in [0.717, 1.165) is 12.0 Å². The second-order valence-electron chi connectivity index (χ2n) is 4.97. The Morgan fingerprint density at radius 2 is 1.86 bits per heavy atom. The molecule has 0 saturated carbocycles. The van der Waals surface area contributed by atoms with E-state index in [0.29, 0.717) is 24.5 Å². The quantitative estimate of drug-likeness (QED) is 0.841. The summed E-state index contributed by atoms with van der Waals surface area (Å²) in [5, 5.41) is 3.42. The monoisotopic (exact) mass is 310 g/mol. The molecule has 0 unspecified atom stereocenters. The van der Waals surface area contributed by atoms with Crippen LogP contribution in [0.2, 0.25) is 5.02 Å².